The Labute approximate surface area is 157 Å². The van der Waals surface area contributed by atoms with E-state index < -0.39 is 12.6 Å². The number of carbonyl (C=O) groups excluding carboxylic acids is 2. The number of likely N-dealkylation sites (N-methyl/N-ethyl adjacent to an activating group) is 1. The van der Waals surface area contributed by atoms with Crippen LogP contribution in [0.2, 0.25) is 0 Å². The van der Waals surface area contributed by atoms with Gasteiger partial charge in [0.15, 0.2) is 12.4 Å². The molecule has 0 aliphatic carbocycles. The van der Waals surface area contributed by atoms with Crippen molar-refractivity contribution in [3.63, 3.8) is 0 Å². The predicted molar refractivity (Wildman–Crippen MR) is 99.7 cm³/mol. The molecule has 2 rings (SSSR count). The van der Waals surface area contributed by atoms with Gasteiger partial charge in [-0.05, 0) is 49.4 Å². The highest BCUT2D eigenvalue weighted by Gasteiger charge is 2.16. The zero-order chi connectivity index (χ0) is 20.0. The Balaban J connectivity index is 2.12. The van der Waals surface area contributed by atoms with Gasteiger partial charge in [-0.1, -0.05) is 0 Å². The molecular weight excluding hydrogens is 350 g/mol. The molecule has 142 valence electrons. The molecular formula is C20H21NO6. The molecule has 0 heterocycles. The van der Waals surface area contributed by atoms with Crippen molar-refractivity contribution < 1.29 is 29.0 Å². The van der Waals surface area contributed by atoms with E-state index in [4.69, 9.17) is 14.6 Å². The number of aliphatic carboxylic acids is 1. The fourth-order valence-corrected chi connectivity index (χ4v) is 2.47. The Morgan fingerprint density at radius 1 is 1.07 bits per heavy atom. The molecule has 7 heteroatoms. The van der Waals surface area contributed by atoms with E-state index in [-0.39, 0.29) is 18.1 Å². The van der Waals surface area contributed by atoms with Crippen LogP contribution in [0.1, 0.15) is 22.8 Å². The highest BCUT2D eigenvalue weighted by molar-refractivity contribution is 5.97. The Kier molecular flexibility index (Phi) is 6.54. The largest absolute Gasteiger partial charge is 0.496 e. The van der Waals surface area contributed by atoms with Crippen molar-refractivity contribution in [3.8, 4) is 11.5 Å². The van der Waals surface area contributed by atoms with Gasteiger partial charge in [0, 0.05) is 23.9 Å². The fraction of sp³-hybridized carbons (Fsp3) is 0.250. The van der Waals surface area contributed by atoms with Crippen LogP contribution in [-0.2, 0) is 16.0 Å². The number of Topliss-reactive ketones (excluding diaryl/α,β-unsaturated/α-hetero) is 1. The first kappa shape index (κ1) is 20.0. The van der Waals surface area contributed by atoms with Gasteiger partial charge in [-0.2, -0.15) is 0 Å². The van der Waals surface area contributed by atoms with Crippen molar-refractivity contribution in [1.29, 1.82) is 0 Å². The van der Waals surface area contributed by atoms with Crippen LogP contribution in [-0.4, -0.2) is 43.5 Å². The number of hydrogen-bond acceptors (Lipinski definition) is 5. The topological polar surface area (TPSA) is 93.1 Å². The fourth-order valence-electron chi connectivity index (χ4n) is 2.47. The van der Waals surface area contributed by atoms with Crippen molar-refractivity contribution in [2.75, 3.05) is 25.7 Å². The molecule has 2 aromatic rings. The molecule has 27 heavy (non-hydrogen) atoms. The first-order valence-electron chi connectivity index (χ1n) is 8.21. The highest BCUT2D eigenvalue weighted by Crippen LogP contribution is 2.23. The van der Waals surface area contributed by atoms with Gasteiger partial charge >= 0.3 is 5.97 Å². The summed E-state index contributed by atoms with van der Waals surface area (Å²) in [6.07, 6.45) is 0.0675. The van der Waals surface area contributed by atoms with Crippen LogP contribution < -0.4 is 14.4 Å². The molecule has 0 radical (unpaired) electrons. The Bertz CT molecular complexity index is 844. The second-order valence-corrected chi connectivity index (χ2v) is 5.89. The van der Waals surface area contributed by atoms with E-state index in [0.717, 1.165) is 0 Å². The second kappa shape index (κ2) is 8.84. The summed E-state index contributed by atoms with van der Waals surface area (Å²) in [4.78, 5) is 36.2. The number of benzene rings is 2. The summed E-state index contributed by atoms with van der Waals surface area (Å²) >= 11 is 0. The van der Waals surface area contributed by atoms with Gasteiger partial charge in [-0.25, -0.2) is 4.79 Å². The summed E-state index contributed by atoms with van der Waals surface area (Å²) < 4.78 is 10.4. The van der Waals surface area contributed by atoms with Crippen molar-refractivity contribution >= 4 is 23.3 Å². The third-order valence-corrected chi connectivity index (χ3v) is 3.99. The maximum absolute atomic E-state index is 12.6. The van der Waals surface area contributed by atoms with Gasteiger partial charge in [0.05, 0.1) is 13.5 Å². The van der Waals surface area contributed by atoms with E-state index >= 15 is 0 Å². The summed E-state index contributed by atoms with van der Waals surface area (Å²) in [7, 11) is 3.15. The molecule has 0 fully saturated rings. The molecule has 1 amide bonds. The molecule has 0 aliphatic heterocycles. The number of carboxylic acid groups (broad SMARTS) is 1. The summed E-state index contributed by atoms with van der Waals surface area (Å²) in [5.41, 5.74) is 1.77. The summed E-state index contributed by atoms with van der Waals surface area (Å²) in [6.45, 7) is 1.04. The normalized spacial score (nSPS) is 10.2. The number of amides is 1. The molecule has 0 bridgehead atoms. The maximum atomic E-state index is 12.6. The molecule has 0 aliphatic rings. The molecule has 0 spiro atoms. The SMILES string of the molecule is COc1ccc(C(C)=O)cc1CC(=O)N(C)c1ccc(OCC(=O)O)cc1. The lowest BCUT2D eigenvalue weighted by Gasteiger charge is -2.19. The van der Waals surface area contributed by atoms with Gasteiger partial charge in [0.1, 0.15) is 11.5 Å². The minimum absolute atomic E-state index is 0.0675. The van der Waals surface area contributed by atoms with Crippen LogP contribution in [0, 0.1) is 0 Å². The van der Waals surface area contributed by atoms with Gasteiger partial charge in [-0.3, -0.25) is 9.59 Å². The number of methoxy groups -OCH3 is 1. The van der Waals surface area contributed by atoms with Crippen LogP contribution >= 0.6 is 0 Å². The second-order valence-electron chi connectivity index (χ2n) is 5.89. The van der Waals surface area contributed by atoms with Crippen molar-refractivity contribution in [1.82, 2.24) is 0 Å². The van der Waals surface area contributed by atoms with E-state index in [1.807, 2.05) is 0 Å². The molecule has 0 aromatic heterocycles. The average molecular weight is 371 g/mol. The molecule has 0 saturated carbocycles. The minimum atomic E-state index is -1.06. The number of anilines is 1. The number of carboxylic acids is 1. The van der Waals surface area contributed by atoms with Crippen LogP contribution in [0.15, 0.2) is 42.5 Å². The summed E-state index contributed by atoms with van der Waals surface area (Å²) in [5, 5.41) is 8.62. The lowest BCUT2D eigenvalue weighted by Crippen LogP contribution is -2.28. The number of ketones is 1. The zero-order valence-electron chi connectivity index (χ0n) is 15.4. The molecule has 0 saturated heterocycles. The molecule has 0 atom stereocenters. The van der Waals surface area contributed by atoms with E-state index in [1.165, 1.54) is 18.9 Å². The van der Waals surface area contributed by atoms with Gasteiger partial charge in [-0.15, -0.1) is 0 Å². The standard InChI is InChI=1S/C20H21NO6/c1-13(22)14-4-9-18(26-3)15(10-14)11-19(23)21(2)16-5-7-17(8-6-16)27-12-20(24)25/h4-10H,11-12H2,1-3H3,(H,24,25). The Morgan fingerprint density at radius 2 is 1.74 bits per heavy atom. The molecule has 1 N–H and O–H groups in total. The smallest absolute Gasteiger partial charge is 0.341 e. The molecule has 7 nitrogen and oxygen atoms in total. The third-order valence-electron chi connectivity index (χ3n) is 3.99. The lowest BCUT2D eigenvalue weighted by atomic mass is 10.0. The van der Waals surface area contributed by atoms with Gasteiger partial charge in [0.25, 0.3) is 0 Å². The van der Waals surface area contributed by atoms with Crippen LogP contribution in [0.25, 0.3) is 0 Å². The van der Waals surface area contributed by atoms with Crippen molar-refractivity contribution in [3.05, 3.63) is 53.6 Å². The number of rotatable bonds is 8. The van der Waals surface area contributed by atoms with Gasteiger partial charge in [0.2, 0.25) is 5.91 Å². The molecule has 0 unspecified atom stereocenters. The van der Waals surface area contributed by atoms with Crippen LogP contribution in [0.3, 0.4) is 0 Å². The first-order valence-corrected chi connectivity index (χ1v) is 8.21. The van der Waals surface area contributed by atoms with E-state index in [2.05, 4.69) is 0 Å². The lowest BCUT2D eigenvalue weighted by molar-refractivity contribution is -0.139. The number of nitrogens with zero attached hydrogens (tertiary/aromatic N) is 1. The van der Waals surface area contributed by atoms with E-state index in [9.17, 15) is 14.4 Å². The summed E-state index contributed by atoms with van der Waals surface area (Å²) in [5.74, 6) is -0.394. The van der Waals surface area contributed by atoms with Crippen molar-refractivity contribution in [2.24, 2.45) is 0 Å². The average Bonchev–Trinajstić information content (AvgIpc) is 2.66. The number of hydrogen-bond donors (Lipinski definition) is 1. The quantitative estimate of drug-likeness (QED) is 0.717. The Hall–Kier alpha value is -3.35. The van der Waals surface area contributed by atoms with E-state index in [1.54, 1.807) is 49.5 Å². The Morgan fingerprint density at radius 3 is 2.30 bits per heavy atom. The predicted octanol–water partition coefficient (Wildman–Crippen LogP) is 2.57. The monoisotopic (exact) mass is 371 g/mol. The number of ether oxygens (including phenoxy) is 2. The van der Waals surface area contributed by atoms with Crippen LogP contribution in [0.5, 0.6) is 11.5 Å². The zero-order valence-corrected chi connectivity index (χ0v) is 15.4. The maximum Gasteiger partial charge on any atom is 0.341 e. The molecule has 2 aromatic carbocycles. The first-order chi connectivity index (χ1) is 12.8. The minimum Gasteiger partial charge on any atom is -0.496 e. The van der Waals surface area contributed by atoms with E-state index in [0.29, 0.717) is 28.3 Å². The third kappa shape index (κ3) is 5.31. The summed E-state index contributed by atoms with van der Waals surface area (Å²) in [6, 6.07) is 11.5. The van der Waals surface area contributed by atoms with Crippen LogP contribution in [0.4, 0.5) is 5.69 Å². The highest BCUT2D eigenvalue weighted by atomic mass is 16.5. The van der Waals surface area contributed by atoms with Crippen molar-refractivity contribution in [2.45, 2.75) is 13.3 Å². The number of carbonyl (C=O) groups is 3. The van der Waals surface area contributed by atoms with Gasteiger partial charge < -0.3 is 19.5 Å².